The van der Waals surface area contributed by atoms with Gasteiger partial charge >= 0.3 is 0 Å². The Hall–Kier alpha value is -0.0800. The lowest BCUT2D eigenvalue weighted by Gasteiger charge is -2.34. The van der Waals surface area contributed by atoms with Gasteiger partial charge in [-0.2, -0.15) is 0 Å². The molecule has 1 fully saturated rings. The van der Waals surface area contributed by atoms with Crippen molar-refractivity contribution in [3.63, 3.8) is 0 Å². The summed E-state index contributed by atoms with van der Waals surface area (Å²) in [7, 11) is 0. The molecule has 0 aromatic rings. The normalized spacial score (nSPS) is 22.5. The number of nitrogens with two attached hydrogens (primary N) is 1. The van der Waals surface area contributed by atoms with Gasteiger partial charge in [-0.3, -0.25) is 0 Å². The molecule has 1 aliphatic rings. The summed E-state index contributed by atoms with van der Waals surface area (Å²) in [4.78, 5) is 0. The smallest absolute Gasteiger partial charge is 0.00200 e. The Labute approximate surface area is 114 Å². The van der Waals surface area contributed by atoms with Crippen molar-refractivity contribution < 1.29 is 0 Å². The Morgan fingerprint density at radius 2 is 1.67 bits per heavy atom. The summed E-state index contributed by atoms with van der Waals surface area (Å²) in [5, 5.41) is 3.70. The summed E-state index contributed by atoms with van der Waals surface area (Å²) >= 11 is 0. The molecule has 2 nitrogen and oxygen atoms in total. The Kier molecular flexibility index (Phi) is 6.13. The van der Waals surface area contributed by atoms with Crippen LogP contribution in [0.3, 0.4) is 0 Å². The zero-order valence-corrected chi connectivity index (χ0v) is 13.0. The van der Waals surface area contributed by atoms with E-state index >= 15 is 0 Å². The minimum atomic E-state index is 0.383. The van der Waals surface area contributed by atoms with Crippen LogP contribution in [0.15, 0.2) is 0 Å². The van der Waals surface area contributed by atoms with Crippen molar-refractivity contribution in [2.75, 3.05) is 19.6 Å². The zero-order chi connectivity index (χ0) is 13.6. The van der Waals surface area contributed by atoms with Gasteiger partial charge in [0.25, 0.3) is 0 Å². The third-order valence-corrected chi connectivity index (χ3v) is 5.03. The van der Waals surface area contributed by atoms with Gasteiger partial charge in [-0.25, -0.2) is 0 Å². The van der Waals surface area contributed by atoms with E-state index in [1.54, 1.807) is 0 Å². The lowest BCUT2D eigenvalue weighted by molar-refractivity contribution is 0.210. The van der Waals surface area contributed by atoms with Crippen molar-refractivity contribution in [3.8, 4) is 0 Å². The first kappa shape index (κ1) is 16.0. The molecular formula is C16H34N2. The molecule has 1 atom stereocenters. The fourth-order valence-corrected chi connectivity index (χ4v) is 2.79. The molecule has 1 saturated carbocycles. The first-order chi connectivity index (χ1) is 8.40. The van der Waals surface area contributed by atoms with Crippen molar-refractivity contribution in [3.05, 3.63) is 0 Å². The molecule has 3 N–H and O–H groups in total. The highest BCUT2D eigenvalue weighted by molar-refractivity contribution is 4.85. The van der Waals surface area contributed by atoms with Crippen molar-refractivity contribution in [1.82, 2.24) is 5.32 Å². The molecule has 0 spiro atoms. The van der Waals surface area contributed by atoms with Gasteiger partial charge in [0.05, 0.1) is 0 Å². The standard InChI is InChI=1S/C16H34N2/c1-14(15(2,3)4)11-18-13-16(12-17)9-7-5-6-8-10-16/h14,18H,5-13,17H2,1-4H3. The van der Waals surface area contributed by atoms with Crippen LogP contribution in [0.5, 0.6) is 0 Å². The maximum absolute atomic E-state index is 6.07. The second-order valence-corrected chi connectivity index (χ2v) is 7.52. The van der Waals surface area contributed by atoms with E-state index in [9.17, 15) is 0 Å². The topological polar surface area (TPSA) is 38.0 Å². The van der Waals surface area contributed by atoms with E-state index < -0.39 is 0 Å². The highest BCUT2D eigenvalue weighted by atomic mass is 14.9. The fraction of sp³-hybridized carbons (Fsp3) is 1.00. The molecule has 1 unspecified atom stereocenters. The number of rotatable bonds is 5. The minimum absolute atomic E-state index is 0.383. The molecule has 0 aliphatic heterocycles. The van der Waals surface area contributed by atoms with Gasteiger partial charge in [-0.1, -0.05) is 53.4 Å². The van der Waals surface area contributed by atoms with Crippen LogP contribution in [0.25, 0.3) is 0 Å². The highest BCUT2D eigenvalue weighted by Crippen LogP contribution is 2.33. The molecule has 2 heteroatoms. The van der Waals surface area contributed by atoms with E-state index in [0.717, 1.165) is 19.6 Å². The van der Waals surface area contributed by atoms with Gasteiger partial charge in [-0.15, -0.1) is 0 Å². The van der Waals surface area contributed by atoms with Gasteiger partial charge in [0.15, 0.2) is 0 Å². The van der Waals surface area contributed by atoms with Gasteiger partial charge in [0, 0.05) is 6.54 Å². The summed E-state index contributed by atoms with van der Waals surface area (Å²) in [6.45, 7) is 12.4. The maximum atomic E-state index is 6.07. The molecule has 0 aromatic carbocycles. The van der Waals surface area contributed by atoms with Gasteiger partial charge in [-0.05, 0) is 42.7 Å². The van der Waals surface area contributed by atoms with Gasteiger partial charge < -0.3 is 11.1 Å². The van der Waals surface area contributed by atoms with E-state index in [1.165, 1.54) is 38.5 Å². The molecule has 0 aromatic heterocycles. The van der Waals surface area contributed by atoms with Crippen LogP contribution in [0.4, 0.5) is 0 Å². The van der Waals surface area contributed by atoms with Gasteiger partial charge in [0.2, 0.25) is 0 Å². The van der Waals surface area contributed by atoms with E-state index in [2.05, 4.69) is 33.0 Å². The van der Waals surface area contributed by atoms with E-state index in [0.29, 0.717) is 16.7 Å². The Balaban J connectivity index is 2.39. The average Bonchev–Trinajstić information content (AvgIpc) is 2.54. The predicted octanol–water partition coefficient (Wildman–Crippen LogP) is 3.56. The van der Waals surface area contributed by atoms with Crippen molar-refractivity contribution in [1.29, 1.82) is 0 Å². The summed E-state index contributed by atoms with van der Waals surface area (Å²) in [5.74, 6) is 0.707. The van der Waals surface area contributed by atoms with Crippen molar-refractivity contribution >= 4 is 0 Å². The summed E-state index contributed by atoms with van der Waals surface area (Å²) in [6, 6.07) is 0. The molecule has 0 bridgehead atoms. The molecule has 0 radical (unpaired) electrons. The van der Waals surface area contributed by atoms with Crippen LogP contribution in [0.1, 0.15) is 66.2 Å². The van der Waals surface area contributed by atoms with Crippen LogP contribution < -0.4 is 11.1 Å². The molecule has 0 saturated heterocycles. The maximum Gasteiger partial charge on any atom is 0.00200 e. The monoisotopic (exact) mass is 254 g/mol. The molecular weight excluding hydrogens is 220 g/mol. The third kappa shape index (κ3) is 4.89. The second kappa shape index (κ2) is 6.91. The molecule has 1 rings (SSSR count). The Bertz CT molecular complexity index is 222. The average molecular weight is 254 g/mol. The number of hydrogen-bond acceptors (Lipinski definition) is 2. The summed E-state index contributed by atoms with van der Waals surface area (Å²) < 4.78 is 0. The lowest BCUT2D eigenvalue weighted by atomic mass is 9.79. The van der Waals surface area contributed by atoms with Crippen LogP contribution in [0.2, 0.25) is 0 Å². The van der Waals surface area contributed by atoms with Crippen LogP contribution in [-0.2, 0) is 0 Å². The first-order valence-electron chi connectivity index (χ1n) is 7.80. The largest absolute Gasteiger partial charge is 0.330 e. The number of nitrogens with one attached hydrogen (secondary N) is 1. The third-order valence-electron chi connectivity index (χ3n) is 5.03. The molecule has 0 amide bonds. The molecule has 18 heavy (non-hydrogen) atoms. The molecule has 108 valence electrons. The van der Waals surface area contributed by atoms with Crippen LogP contribution >= 0.6 is 0 Å². The Morgan fingerprint density at radius 1 is 1.11 bits per heavy atom. The summed E-state index contributed by atoms with van der Waals surface area (Å²) in [6.07, 6.45) is 8.18. The predicted molar refractivity (Wildman–Crippen MR) is 80.7 cm³/mol. The highest BCUT2D eigenvalue weighted by Gasteiger charge is 2.29. The van der Waals surface area contributed by atoms with Crippen molar-refractivity contribution in [2.24, 2.45) is 22.5 Å². The SMILES string of the molecule is CC(CNCC1(CN)CCCCCC1)C(C)(C)C. The van der Waals surface area contributed by atoms with Crippen molar-refractivity contribution in [2.45, 2.75) is 66.2 Å². The Morgan fingerprint density at radius 3 is 2.11 bits per heavy atom. The van der Waals surface area contributed by atoms with E-state index in [-0.39, 0.29) is 0 Å². The van der Waals surface area contributed by atoms with Gasteiger partial charge in [0.1, 0.15) is 0 Å². The molecule has 1 aliphatic carbocycles. The molecule has 0 heterocycles. The fourth-order valence-electron chi connectivity index (χ4n) is 2.79. The lowest BCUT2D eigenvalue weighted by Crippen LogP contribution is -2.42. The quantitative estimate of drug-likeness (QED) is 0.736. The number of hydrogen-bond donors (Lipinski definition) is 2. The summed E-state index contributed by atoms with van der Waals surface area (Å²) in [5.41, 5.74) is 6.85. The first-order valence-corrected chi connectivity index (χ1v) is 7.80. The van der Waals surface area contributed by atoms with Crippen LogP contribution in [-0.4, -0.2) is 19.6 Å². The van der Waals surface area contributed by atoms with E-state index in [4.69, 9.17) is 5.73 Å². The minimum Gasteiger partial charge on any atom is -0.330 e. The second-order valence-electron chi connectivity index (χ2n) is 7.52. The van der Waals surface area contributed by atoms with E-state index in [1.807, 2.05) is 0 Å². The van der Waals surface area contributed by atoms with Crippen LogP contribution in [0, 0.1) is 16.7 Å². The zero-order valence-electron chi connectivity index (χ0n) is 13.0.